The summed E-state index contributed by atoms with van der Waals surface area (Å²) < 4.78 is 0. The third-order valence-electron chi connectivity index (χ3n) is 4.91. The highest BCUT2D eigenvalue weighted by Gasteiger charge is 2.22. The fourth-order valence-corrected chi connectivity index (χ4v) is 4.18. The Kier molecular flexibility index (Phi) is 11.9. The Balaban J connectivity index is 0.00000392. The van der Waals surface area contributed by atoms with E-state index in [1.165, 1.54) is 4.88 Å². The molecular weight excluding hydrogens is 487 g/mol. The molecule has 0 atom stereocenters. The van der Waals surface area contributed by atoms with Crippen molar-refractivity contribution in [2.24, 2.45) is 16.6 Å². The fraction of sp³-hybridized carbons (Fsp3) is 0.737. The van der Waals surface area contributed by atoms with Crippen molar-refractivity contribution < 1.29 is 4.79 Å². The molecule has 7 nitrogen and oxygen atoms in total. The number of halogens is 1. The minimum Gasteiger partial charge on any atom is -0.369 e. The number of guanidine groups is 1. The second-order valence-corrected chi connectivity index (χ2v) is 8.38. The van der Waals surface area contributed by atoms with Gasteiger partial charge in [-0.1, -0.05) is 0 Å². The number of primary amides is 1. The van der Waals surface area contributed by atoms with Crippen LogP contribution in [0.4, 0.5) is 0 Å². The van der Waals surface area contributed by atoms with Crippen molar-refractivity contribution in [1.82, 2.24) is 20.5 Å². The van der Waals surface area contributed by atoms with Gasteiger partial charge in [0, 0.05) is 23.9 Å². The first-order chi connectivity index (χ1) is 13.0. The third kappa shape index (κ3) is 8.60. The number of nitrogens with zero attached hydrogens (tertiary/aromatic N) is 3. The number of unbranched alkanes of at least 4 members (excludes halogenated alkanes) is 1. The average molecular weight is 523 g/mol. The second kappa shape index (κ2) is 13.3. The molecule has 4 N–H and O–H groups in total. The van der Waals surface area contributed by atoms with Gasteiger partial charge in [0.1, 0.15) is 0 Å². The number of thiazole rings is 1. The Hall–Kier alpha value is -0.940. The molecule has 1 amide bonds. The van der Waals surface area contributed by atoms with Gasteiger partial charge >= 0.3 is 0 Å². The maximum atomic E-state index is 11.2. The van der Waals surface area contributed by atoms with Crippen molar-refractivity contribution >= 4 is 47.2 Å². The SMILES string of the molecule is CCNC(=NCc1sc(C)nc1C)NCCCCN1CCC(C(N)=O)CC1.I. The first-order valence-corrected chi connectivity index (χ1v) is 10.8. The van der Waals surface area contributed by atoms with Crippen molar-refractivity contribution in [2.45, 2.75) is 53.0 Å². The number of amides is 1. The minimum atomic E-state index is -0.141. The summed E-state index contributed by atoms with van der Waals surface area (Å²) in [5, 5.41) is 7.82. The van der Waals surface area contributed by atoms with E-state index >= 15 is 0 Å². The molecule has 1 saturated heterocycles. The van der Waals surface area contributed by atoms with Crippen LogP contribution in [0.1, 0.15) is 48.2 Å². The molecule has 1 aliphatic heterocycles. The number of hydrogen-bond donors (Lipinski definition) is 3. The zero-order valence-electron chi connectivity index (χ0n) is 17.3. The maximum absolute atomic E-state index is 11.2. The van der Waals surface area contributed by atoms with E-state index in [1.807, 2.05) is 13.8 Å². The molecule has 0 aromatic carbocycles. The Morgan fingerprint density at radius 2 is 2.00 bits per heavy atom. The van der Waals surface area contributed by atoms with Crippen LogP contribution >= 0.6 is 35.3 Å². The number of carbonyl (C=O) groups excluding carboxylic acids is 1. The third-order valence-corrected chi connectivity index (χ3v) is 5.97. The van der Waals surface area contributed by atoms with Gasteiger partial charge in [0.15, 0.2) is 5.96 Å². The lowest BCUT2D eigenvalue weighted by Crippen LogP contribution is -2.39. The molecule has 1 aromatic heterocycles. The number of aryl methyl sites for hydroxylation is 2. The Labute approximate surface area is 190 Å². The molecule has 160 valence electrons. The van der Waals surface area contributed by atoms with Crippen LogP contribution in [-0.4, -0.2) is 54.5 Å². The van der Waals surface area contributed by atoms with Crippen molar-refractivity contribution in [2.75, 3.05) is 32.7 Å². The highest BCUT2D eigenvalue weighted by molar-refractivity contribution is 14.0. The summed E-state index contributed by atoms with van der Waals surface area (Å²) in [6.45, 7) is 11.6. The van der Waals surface area contributed by atoms with E-state index in [-0.39, 0.29) is 35.8 Å². The second-order valence-electron chi connectivity index (χ2n) is 7.09. The van der Waals surface area contributed by atoms with Crippen LogP contribution < -0.4 is 16.4 Å². The van der Waals surface area contributed by atoms with E-state index in [0.717, 1.165) is 75.1 Å². The number of aromatic nitrogens is 1. The molecular formula is C19H35IN6OS. The number of nitrogens with one attached hydrogen (secondary N) is 2. The number of aliphatic imine (C=N–C) groups is 1. The van der Waals surface area contributed by atoms with E-state index < -0.39 is 0 Å². The highest BCUT2D eigenvalue weighted by Crippen LogP contribution is 2.18. The molecule has 1 aromatic rings. The number of carbonyl (C=O) groups is 1. The molecule has 0 spiro atoms. The van der Waals surface area contributed by atoms with Gasteiger partial charge in [0.25, 0.3) is 0 Å². The lowest BCUT2D eigenvalue weighted by Gasteiger charge is -2.30. The quantitative estimate of drug-likeness (QED) is 0.200. The average Bonchev–Trinajstić information content (AvgIpc) is 2.97. The first-order valence-electron chi connectivity index (χ1n) is 9.96. The molecule has 1 fully saturated rings. The van der Waals surface area contributed by atoms with Crippen molar-refractivity contribution in [3.63, 3.8) is 0 Å². The van der Waals surface area contributed by atoms with E-state index in [0.29, 0.717) is 6.54 Å². The number of hydrogen-bond acceptors (Lipinski definition) is 5. The van der Waals surface area contributed by atoms with Gasteiger partial charge in [-0.25, -0.2) is 9.98 Å². The Morgan fingerprint density at radius 3 is 2.57 bits per heavy atom. The zero-order valence-corrected chi connectivity index (χ0v) is 20.4. The summed E-state index contributed by atoms with van der Waals surface area (Å²) in [4.78, 5) is 24.0. The molecule has 0 aliphatic carbocycles. The van der Waals surface area contributed by atoms with Crippen LogP contribution in [0.15, 0.2) is 4.99 Å². The van der Waals surface area contributed by atoms with Crippen molar-refractivity contribution in [1.29, 1.82) is 0 Å². The fourth-order valence-electron chi connectivity index (χ4n) is 3.32. The standard InChI is InChI=1S/C19H34N6OS.HI/c1-4-21-19(23-13-17-14(2)24-15(3)27-17)22-9-5-6-10-25-11-7-16(8-12-25)18(20)26;/h16H,4-13H2,1-3H3,(H2,20,26)(H2,21,22,23);1H. The molecule has 0 radical (unpaired) electrons. The van der Waals surface area contributed by atoms with Gasteiger partial charge in [-0.3, -0.25) is 4.79 Å². The van der Waals surface area contributed by atoms with Crippen LogP contribution in [0, 0.1) is 19.8 Å². The van der Waals surface area contributed by atoms with Crippen LogP contribution in [0.2, 0.25) is 0 Å². The molecule has 28 heavy (non-hydrogen) atoms. The summed E-state index contributed by atoms with van der Waals surface area (Å²) in [6.07, 6.45) is 4.04. The Morgan fingerprint density at radius 1 is 1.29 bits per heavy atom. The summed E-state index contributed by atoms with van der Waals surface area (Å²) in [6, 6.07) is 0. The van der Waals surface area contributed by atoms with Gasteiger partial charge in [0.2, 0.25) is 5.91 Å². The number of likely N-dealkylation sites (tertiary alicyclic amines) is 1. The topological polar surface area (TPSA) is 95.6 Å². The highest BCUT2D eigenvalue weighted by atomic mass is 127. The van der Waals surface area contributed by atoms with Crippen molar-refractivity contribution in [3.05, 3.63) is 15.6 Å². The van der Waals surface area contributed by atoms with Crippen LogP contribution in [0.5, 0.6) is 0 Å². The predicted octanol–water partition coefficient (Wildman–Crippen LogP) is 2.41. The van der Waals surface area contributed by atoms with E-state index in [1.54, 1.807) is 11.3 Å². The number of piperidine rings is 1. The monoisotopic (exact) mass is 522 g/mol. The van der Waals surface area contributed by atoms with Gasteiger partial charge in [-0.05, 0) is 66.1 Å². The molecule has 2 heterocycles. The van der Waals surface area contributed by atoms with E-state index in [2.05, 4.69) is 32.4 Å². The summed E-state index contributed by atoms with van der Waals surface area (Å²) in [7, 11) is 0. The number of rotatable bonds is 9. The Bertz CT molecular complexity index is 628. The van der Waals surface area contributed by atoms with Gasteiger partial charge in [-0.2, -0.15) is 0 Å². The van der Waals surface area contributed by atoms with E-state index in [4.69, 9.17) is 5.73 Å². The molecule has 2 rings (SSSR count). The number of nitrogens with two attached hydrogens (primary N) is 1. The summed E-state index contributed by atoms with van der Waals surface area (Å²) in [5.74, 6) is 0.802. The zero-order chi connectivity index (χ0) is 19.6. The van der Waals surface area contributed by atoms with Crippen LogP contribution in [0.25, 0.3) is 0 Å². The summed E-state index contributed by atoms with van der Waals surface area (Å²) in [5.41, 5.74) is 6.47. The lowest BCUT2D eigenvalue weighted by molar-refractivity contribution is -0.123. The minimum absolute atomic E-state index is 0. The first kappa shape index (κ1) is 25.1. The van der Waals surface area contributed by atoms with Crippen LogP contribution in [0.3, 0.4) is 0 Å². The van der Waals surface area contributed by atoms with Gasteiger partial charge in [0.05, 0.1) is 17.2 Å². The molecule has 0 saturated carbocycles. The summed E-state index contributed by atoms with van der Waals surface area (Å²) >= 11 is 1.72. The predicted molar refractivity (Wildman–Crippen MR) is 127 cm³/mol. The van der Waals surface area contributed by atoms with Crippen molar-refractivity contribution in [3.8, 4) is 0 Å². The lowest BCUT2D eigenvalue weighted by atomic mass is 9.96. The largest absolute Gasteiger partial charge is 0.369 e. The molecule has 9 heteroatoms. The van der Waals surface area contributed by atoms with Crippen LogP contribution in [-0.2, 0) is 11.3 Å². The van der Waals surface area contributed by atoms with Gasteiger partial charge < -0.3 is 21.3 Å². The van der Waals surface area contributed by atoms with Gasteiger partial charge in [-0.15, -0.1) is 35.3 Å². The smallest absolute Gasteiger partial charge is 0.220 e. The normalized spacial score (nSPS) is 15.9. The van der Waals surface area contributed by atoms with E-state index in [9.17, 15) is 4.79 Å². The molecule has 0 bridgehead atoms. The maximum Gasteiger partial charge on any atom is 0.220 e. The molecule has 1 aliphatic rings. The molecule has 0 unspecified atom stereocenters.